The quantitative estimate of drug-likeness (QED) is 0.836. The average molecular weight is 285 g/mol. The number of rotatable bonds is 6. The molecule has 1 amide bonds. The molecule has 19 heavy (non-hydrogen) atoms. The van der Waals surface area contributed by atoms with Crippen molar-refractivity contribution in [3.63, 3.8) is 0 Å². The molecule has 4 nitrogen and oxygen atoms in total. The highest BCUT2D eigenvalue weighted by atomic mass is 35.5. The number of halogens is 1. The van der Waals surface area contributed by atoms with Crippen molar-refractivity contribution < 1.29 is 9.53 Å². The minimum absolute atomic E-state index is 0. The minimum atomic E-state index is -0.588. The Morgan fingerprint density at radius 2 is 1.89 bits per heavy atom. The van der Waals surface area contributed by atoms with E-state index in [0.717, 1.165) is 30.6 Å². The summed E-state index contributed by atoms with van der Waals surface area (Å²) in [6.07, 6.45) is 1.60. The summed E-state index contributed by atoms with van der Waals surface area (Å²) in [5.74, 6) is -0.0408. The summed E-state index contributed by atoms with van der Waals surface area (Å²) in [6.45, 7) is 3.86. The fourth-order valence-electron chi connectivity index (χ4n) is 1.69. The predicted molar refractivity (Wildman–Crippen MR) is 77.0 cm³/mol. The van der Waals surface area contributed by atoms with Crippen molar-refractivity contribution in [2.45, 2.75) is 38.5 Å². The van der Waals surface area contributed by atoms with Gasteiger partial charge in [0, 0.05) is 13.2 Å². The molecule has 0 heterocycles. The molecule has 106 valence electrons. The van der Waals surface area contributed by atoms with Gasteiger partial charge < -0.3 is 15.8 Å². The van der Waals surface area contributed by atoms with Crippen LogP contribution in [0.3, 0.4) is 0 Å². The fourth-order valence-corrected chi connectivity index (χ4v) is 1.69. The van der Waals surface area contributed by atoms with Crippen molar-refractivity contribution in [2.75, 3.05) is 6.61 Å². The third-order valence-corrected chi connectivity index (χ3v) is 3.19. The highest BCUT2D eigenvalue weighted by molar-refractivity contribution is 5.88. The zero-order valence-corrected chi connectivity index (χ0v) is 12.0. The standard InChI is InChI=1S/C14H20N2O2.ClH/c1-2-18-10-12-5-3-11(4-6-12)9-16-13(17)14(15)7-8-14;/h3-6H,2,7-10,15H2,1H3,(H,16,17);1H. The normalized spacial score (nSPS) is 15.5. The summed E-state index contributed by atoms with van der Waals surface area (Å²) in [4.78, 5) is 11.7. The Morgan fingerprint density at radius 3 is 2.42 bits per heavy atom. The van der Waals surface area contributed by atoms with Gasteiger partial charge in [0.15, 0.2) is 0 Å². The van der Waals surface area contributed by atoms with Gasteiger partial charge in [-0.1, -0.05) is 24.3 Å². The topological polar surface area (TPSA) is 64.3 Å². The molecular weight excluding hydrogens is 264 g/mol. The number of hydrogen-bond donors (Lipinski definition) is 2. The van der Waals surface area contributed by atoms with Crippen LogP contribution < -0.4 is 11.1 Å². The third-order valence-electron chi connectivity index (χ3n) is 3.19. The molecule has 0 aliphatic heterocycles. The Labute approximate surface area is 120 Å². The van der Waals surface area contributed by atoms with Crippen molar-refractivity contribution in [1.82, 2.24) is 5.32 Å². The molecule has 3 N–H and O–H groups in total. The van der Waals surface area contributed by atoms with E-state index in [-0.39, 0.29) is 18.3 Å². The van der Waals surface area contributed by atoms with Gasteiger partial charge in [-0.25, -0.2) is 0 Å². The zero-order valence-electron chi connectivity index (χ0n) is 11.1. The molecule has 0 spiro atoms. The van der Waals surface area contributed by atoms with Crippen molar-refractivity contribution >= 4 is 18.3 Å². The largest absolute Gasteiger partial charge is 0.377 e. The third kappa shape index (κ3) is 4.49. The molecule has 0 saturated heterocycles. The second kappa shape index (κ2) is 6.89. The molecule has 0 bridgehead atoms. The van der Waals surface area contributed by atoms with E-state index in [1.54, 1.807) is 0 Å². The minimum Gasteiger partial charge on any atom is -0.377 e. The van der Waals surface area contributed by atoms with Crippen LogP contribution in [0.25, 0.3) is 0 Å². The first-order chi connectivity index (χ1) is 8.64. The van der Waals surface area contributed by atoms with Gasteiger partial charge in [0.05, 0.1) is 12.1 Å². The molecule has 5 heteroatoms. The maximum absolute atomic E-state index is 11.7. The van der Waals surface area contributed by atoms with Crippen LogP contribution in [0.15, 0.2) is 24.3 Å². The molecule has 0 radical (unpaired) electrons. The summed E-state index contributed by atoms with van der Waals surface area (Å²) in [6, 6.07) is 8.05. The van der Waals surface area contributed by atoms with E-state index in [1.807, 2.05) is 31.2 Å². The maximum atomic E-state index is 11.7. The van der Waals surface area contributed by atoms with Crippen LogP contribution in [0, 0.1) is 0 Å². The fraction of sp³-hybridized carbons (Fsp3) is 0.500. The van der Waals surface area contributed by atoms with Crippen LogP contribution in [0.1, 0.15) is 30.9 Å². The van der Waals surface area contributed by atoms with Crippen LogP contribution in [-0.2, 0) is 22.7 Å². The smallest absolute Gasteiger partial charge is 0.240 e. The maximum Gasteiger partial charge on any atom is 0.240 e. The summed E-state index contributed by atoms with van der Waals surface area (Å²) < 4.78 is 5.32. The number of hydrogen-bond acceptors (Lipinski definition) is 3. The van der Waals surface area contributed by atoms with E-state index in [1.165, 1.54) is 0 Å². The second-order valence-electron chi connectivity index (χ2n) is 4.79. The van der Waals surface area contributed by atoms with Crippen LogP contribution in [-0.4, -0.2) is 18.1 Å². The molecule has 0 aromatic heterocycles. The number of nitrogens with one attached hydrogen (secondary N) is 1. The van der Waals surface area contributed by atoms with Crippen molar-refractivity contribution in [1.29, 1.82) is 0 Å². The predicted octanol–water partition coefficient (Wildman–Crippen LogP) is 1.75. The number of amides is 1. The van der Waals surface area contributed by atoms with E-state index in [9.17, 15) is 4.79 Å². The molecule has 2 rings (SSSR count). The van der Waals surface area contributed by atoms with Gasteiger partial charge in [-0.2, -0.15) is 0 Å². The first-order valence-corrected chi connectivity index (χ1v) is 6.37. The molecule has 0 unspecified atom stereocenters. The van der Waals surface area contributed by atoms with Gasteiger partial charge in [-0.15, -0.1) is 12.4 Å². The summed E-state index contributed by atoms with van der Waals surface area (Å²) in [5, 5.41) is 2.87. The number of carbonyl (C=O) groups excluding carboxylic acids is 1. The van der Waals surface area contributed by atoms with Crippen LogP contribution in [0.2, 0.25) is 0 Å². The zero-order chi connectivity index (χ0) is 13.0. The van der Waals surface area contributed by atoms with Gasteiger partial charge in [0.2, 0.25) is 5.91 Å². The van der Waals surface area contributed by atoms with Gasteiger partial charge in [0.1, 0.15) is 0 Å². The van der Waals surface area contributed by atoms with Gasteiger partial charge in [-0.3, -0.25) is 4.79 Å². The Kier molecular flexibility index (Phi) is 5.79. The number of ether oxygens (including phenoxy) is 1. The number of carbonyl (C=O) groups is 1. The Morgan fingerprint density at radius 1 is 1.32 bits per heavy atom. The second-order valence-corrected chi connectivity index (χ2v) is 4.79. The van der Waals surface area contributed by atoms with Gasteiger partial charge in [0.25, 0.3) is 0 Å². The molecule has 1 aliphatic rings. The summed E-state index contributed by atoms with van der Waals surface area (Å²) >= 11 is 0. The Hall–Kier alpha value is -1.10. The average Bonchev–Trinajstić information content (AvgIpc) is 3.14. The van der Waals surface area contributed by atoms with E-state index in [0.29, 0.717) is 13.2 Å². The van der Waals surface area contributed by atoms with E-state index < -0.39 is 5.54 Å². The lowest BCUT2D eigenvalue weighted by atomic mass is 10.1. The molecule has 1 aliphatic carbocycles. The van der Waals surface area contributed by atoms with Crippen LogP contribution in [0.4, 0.5) is 0 Å². The van der Waals surface area contributed by atoms with Crippen LogP contribution >= 0.6 is 12.4 Å². The van der Waals surface area contributed by atoms with Crippen LogP contribution in [0.5, 0.6) is 0 Å². The van der Waals surface area contributed by atoms with E-state index >= 15 is 0 Å². The lowest BCUT2D eigenvalue weighted by molar-refractivity contribution is -0.123. The highest BCUT2D eigenvalue weighted by Crippen LogP contribution is 2.32. The lowest BCUT2D eigenvalue weighted by Crippen LogP contribution is -2.42. The molecular formula is C14H21ClN2O2. The molecule has 1 aromatic rings. The monoisotopic (exact) mass is 284 g/mol. The van der Waals surface area contributed by atoms with Crippen molar-refractivity contribution in [2.24, 2.45) is 5.73 Å². The molecule has 1 saturated carbocycles. The SMILES string of the molecule is CCOCc1ccc(CNC(=O)C2(N)CC2)cc1.Cl. The molecule has 1 aromatic carbocycles. The molecule has 1 fully saturated rings. The van der Waals surface area contributed by atoms with Gasteiger partial charge in [-0.05, 0) is 30.9 Å². The van der Waals surface area contributed by atoms with E-state index in [2.05, 4.69) is 5.32 Å². The number of benzene rings is 1. The first kappa shape index (κ1) is 16.0. The van der Waals surface area contributed by atoms with Crippen molar-refractivity contribution in [3.05, 3.63) is 35.4 Å². The summed E-state index contributed by atoms with van der Waals surface area (Å²) in [5.41, 5.74) is 7.44. The lowest BCUT2D eigenvalue weighted by Gasteiger charge is -2.10. The number of nitrogens with two attached hydrogens (primary N) is 1. The highest BCUT2D eigenvalue weighted by Gasteiger charge is 2.45. The Bertz CT molecular complexity index is 416. The van der Waals surface area contributed by atoms with Gasteiger partial charge >= 0.3 is 0 Å². The first-order valence-electron chi connectivity index (χ1n) is 6.37. The summed E-state index contributed by atoms with van der Waals surface area (Å²) in [7, 11) is 0. The Balaban J connectivity index is 0.00000180. The van der Waals surface area contributed by atoms with Crippen molar-refractivity contribution in [3.8, 4) is 0 Å². The molecule has 0 atom stereocenters. The van der Waals surface area contributed by atoms with E-state index in [4.69, 9.17) is 10.5 Å².